The van der Waals surface area contributed by atoms with Crippen molar-refractivity contribution in [3.8, 4) is 0 Å². The van der Waals surface area contributed by atoms with Crippen molar-refractivity contribution in [3.05, 3.63) is 0 Å². The Balaban J connectivity index is 1.77. The van der Waals surface area contributed by atoms with E-state index < -0.39 is 11.6 Å². The van der Waals surface area contributed by atoms with Gasteiger partial charge in [-0.1, -0.05) is 0 Å². The van der Waals surface area contributed by atoms with Crippen molar-refractivity contribution >= 4 is 11.9 Å². The second-order valence-electron chi connectivity index (χ2n) is 4.83. The number of nitrogens with zero attached hydrogens (tertiary/aromatic N) is 1. The van der Waals surface area contributed by atoms with Crippen LogP contribution >= 0.6 is 0 Å². The highest BCUT2D eigenvalue weighted by atomic mass is 16.5. The van der Waals surface area contributed by atoms with Crippen LogP contribution in [0.3, 0.4) is 0 Å². The highest BCUT2D eigenvalue weighted by Gasteiger charge is 2.45. The molecule has 0 aromatic heterocycles. The molecule has 96 valence electrons. The number of rotatable bonds is 4. The van der Waals surface area contributed by atoms with Gasteiger partial charge in [-0.15, -0.1) is 0 Å². The van der Waals surface area contributed by atoms with E-state index in [4.69, 9.17) is 14.6 Å². The van der Waals surface area contributed by atoms with Gasteiger partial charge in [0.1, 0.15) is 18.3 Å². The molecule has 0 spiro atoms. The van der Waals surface area contributed by atoms with E-state index >= 15 is 0 Å². The Morgan fingerprint density at radius 3 is 2.76 bits per heavy atom. The summed E-state index contributed by atoms with van der Waals surface area (Å²) in [4.78, 5) is 23.9. The van der Waals surface area contributed by atoms with Crippen LogP contribution in [0.25, 0.3) is 0 Å². The third kappa shape index (κ3) is 2.76. The quantitative estimate of drug-likeness (QED) is 0.744. The van der Waals surface area contributed by atoms with Crippen LogP contribution in [-0.4, -0.2) is 59.9 Å². The van der Waals surface area contributed by atoms with Gasteiger partial charge < -0.3 is 19.5 Å². The van der Waals surface area contributed by atoms with Gasteiger partial charge in [0.05, 0.1) is 13.1 Å². The van der Waals surface area contributed by atoms with Crippen LogP contribution in [0.4, 0.5) is 0 Å². The van der Waals surface area contributed by atoms with Crippen LogP contribution in [0.5, 0.6) is 0 Å². The molecule has 0 saturated carbocycles. The summed E-state index contributed by atoms with van der Waals surface area (Å²) in [5, 5.41) is 8.52. The molecule has 0 bridgehead atoms. The van der Waals surface area contributed by atoms with Gasteiger partial charge in [0.2, 0.25) is 0 Å². The molecule has 2 aliphatic rings. The Kier molecular flexibility index (Phi) is 3.35. The third-order valence-electron chi connectivity index (χ3n) is 3.11. The minimum atomic E-state index is -0.991. The van der Waals surface area contributed by atoms with Crippen molar-refractivity contribution in [1.82, 2.24) is 4.90 Å². The summed E-state index contributed by atoms with van der Waals surface area (Å²) in [5.74, 6) is -0.992. The van der Waals surface area contributed by atoms with Gasteiger partial charge >= 0.3 is 5.97 Å². The van der Waals surface area contributed by atoms with E-state index in [-0.39, 0.29) is 18.6 Å². The molecule has 17 heavy (non-hydrogen) atoms. The zero-order valence-corrected chi connectivity index (χ0v) is 9.85. The molecule has 2 heterocycles. The van der Waals surface area contributed by atoms with Crippen LogP contribution in [0, 0.1) is 0 Å². The Labute approximate surface area is 99.5 Å². The number of hydrogen-bond donors (Lipinski definition) is 1. The van der Waals surface area contributed by atoms with Gasteiger partial charge in [0, 0.05) is 6.61 Å². The van der Waals surface area contributed by atoms with Gasteiger partial charge in [-0.25, -0.2) is 4.79 Å². The summed E-state index contributed by atoms with van der Waals surface area (Å²) < 4.78 is 10.5. The zero-order valence-electron chi connectivity index (χ0n) is 9.85. The van der Waals surface area contributed by atoms with E-state index in [2.05, 4.69) is 0 Å². The molecule has 0 aromatic carbocycles. The molecule has 0 aliphatic carbocycles. The van der Waals surface area contributed by atoms with E-state index in [1.165, 1.54) is 0 Å². The molecule has 1 amide bonds. The standard InChI is InChI=1S/C11H17NO5/c1-11(17-5-9(13)14)6-12(7-11)10(15)8-3-2-4-16-8/h8H,2-7H2,1H3,(H,13,14). The number of aliphatic carboxylic acids is 1. The number of carboxylic acids is 1. The van der Waals surface area contributed by atoms with Gasteiger partial charge in [0.15, 0.2) is 0 Å². The first-order valence-electron chi connectivity index (χ1n) is 5.76. The average Bonchev–Trinajstić information content (AvgIpc) is 2.74. The number of carbonyl (C=O) groups excluding carboxylic acids is 1. The van der Waals surface area contributed by atoms with Crippen molar-refractivity contribution in [2.24, 2.45) is 0 Å². The minimum Gasteiger partial charge on any atom is -0.480 e. The molecule has 0 aromatic rings. The Morgan fingerprint density at radius 2 is 2.24 bits per heavy atom. The van der Waals surface area contributed by atoms with Crippen LogP contribution in [0.2, 0.25) is 0 Å². The molecular formula is C11H17NO5. The fraction of sp³-hybridized carbons (Fsp3) is 0.818. The van der Waals surface area contributed by atoms with Crippen LogP contribution in [0.15, 0.2) is 0 Å². The third-order valence-corrected chi connectivity index (χ3v) is 3.11. The lowest BCUT2D eigenvalue weighted by Gasteiger charge is -2.47. The molecule has 6 heteroatoms. The summed E-state index contributed by atoms with van der Waals surface area (Å²) in [7, 11) is 0. The highest BCUT2D eigenvalue weighted by Crippen LogP contribution is 2.27. The second-order valence-corrected chi connectivity index (χ2v) is 4.83. The number of ether oxygens (including phenoxy) is 2. The molecule has 2 aliphatic heterocycles. The average molecular weight is 243 g/mol. The lowest BCUT2D eigenvalue weighted by molar-refractivity contribution is -0.178. The predicted molar refractivity (Wildman–Crippen MR) is 57.5 cm³/mol. The van der Waals surface area contributed by atoms with E-state index in [9.17, 15) is 9.59 Å². The van der Waals surface area contributed by atoms with Gasteiger partial charge in [-0.3, -0.25) is 4.79 Å². The van der Waals surface area contributed by atoms with Crippen LogP contribution in [-0.2, 0) is 19.1 Å². The number of carboxylic acid groups (broad SMARTS) is 1. The number of carbonyl (C=O) groups is 2. The smallest absolute Gasteiger partial charge is 0.329 e. The summed E-state index contributed by atoms with van der Waals surface area (Å²) in [6, 6.07) is 0. The molecule has 2 saturated heterocycles. The Morgan fingerprint density at radius 1 is 1.53 bits per heavy atom. The maximum absolute atomic E-state index is 11.9. The molecule has 1 atom stereocenters. The zero-order chi connectivity index (χ0) is 12.5. The first-order chi connectivity index (χ1) is 8.00. The minimum absolute atomic E-state index is 0.00102. The lowest BCUT2D eigenvalue weighted by Crippen LogP contribution is -2.65. The Bertz CT molecular complexity index is 318. The maximum atomic E-state index is 11.9. The summed E-state index contributed by atoms with van der Waals surface area (Å²) in [6.45, 7) is 3.03. The van der Waals surface area contributed by atoms with E-state index in [0.29, 0.717) is 19.7 Å². The molecule has 6 nitrogen and oxygen atoms in total. The van der Waals surface area contributed by atoms with Crippen LogP contribution < -0.4 is 0 Å². The SMILES string of the molecule is CC1(OCC(=O)O)CN(C(=O)C2CCCO2)C1. The monoisotopic (exact) mass is 243 g/mol. The number of likely N-dealkylation sites (tertiary alicyclic amines) is 1. The maximum Gasteiger partial charge on any atom is 0.329 e. The molecular weight excluding hydrogens is 226 g/mol. The van der Waals surface area contributed by atoms with Crippen molar-refractivity contribution in [1.29, 1.82) is 0 Å². The van der Waals surface area contributed by atoms with E-state index in [1.54, 1.807) is 4.90 Å². The molecule has 2 rings (SSSR count). The fourth-order valence-corrected chi connectivity index (χ4v) is 2.22. The summed E-state index contributed by atoms with van der Waals surface area (Å²) in [6.07, 6.45) is 1.40. The normalized spacial score (nSPS) is 26.6. The number of hydrogen-bond acceptors (Lipinski definition) is 4. The first kappa shape index (κ1) is 12.3. The molecule has 1 N–H and O–H groups in total. The second kappa shape index (κ2) is 4.62. The number of amides is 1. The summed E-state index contributed by atoms with van der Waals surface area (Å²) in [5.41, 5.74) is -0.521. The van der Waals surface area contributed by atoms with Crippen molar-refractivity contribution < 1.29 is 24.2 Å². The van der Waals surface area contributed by atoms with E-state index in [1.807, 2.05) is 6.92 Å². The summed E-state index contributed by atoms with van der Waals surface area (Å²) >= 11 is 0. The fourth-order valence-electron chi connectivity index (χ4n) is 2.22. The largest absolute Gasteiger partial charge is 0.480 e. The highest BCUT2D eigenvalue weighted by molar-refractivity contribution is 5.82. The van der Waals surface area contributed by atoms with Gasteiger partial charge in [0.25, 0.3) is 5.91 Å². The molecule has 0 radical (unpaired) electrons. The van der Waals surface area contributed by atoms with Crippen LogP contribution in [0.1, 0.15) is 19.8 Å². The Hall–Kier alpha value is -1.14. The topological polar surface area (TPSA) is 76.1 Å². The lowest BCUT2D eigenvalue weighted by atomic mass is 9.95. The van der Waals surface area contributed by atoms with Crippen molar-refractivity contribution in [2.75, 3.05) is 26.3 Å². The van der Waals surface area contributed by atoms with Gasteiger partial charge in [-0.2, -0.15) is 0 Å². The predicted octanol–water partition coefficient (Wildman–Crippen LogP) is -0.132. The van der Waals surface area contributed by atoms with Gasteiger partial charge in [-0.05, 0) is 19.8 Å². The molecule has 1 unspecified atom stereocenters. The van der Waals surface area contributed by atoms with E-state index in [0.717, 1.165) is 12.8 Å². The molecule has 2 fully saturated rings. The van der Waals surface area contributed by atoms with Crippen molar-refractivity contribution in [3.63, 3.8) is 0 Å². The first-order valence-corrected chi connectivity index (χ1v) is 5.76. The van der Waals surface area contributed by atoms with Crippen molar-refractivity contribution in [2.45, 2.75) is 31.5 Å².